The largest absolute Gasteiger partial charge is 0.551 e. The van der Waals surface area contributed by atoms with E-state index in [9.17, 15) is 0 Å². The van der Waals surface area contributed by atoms with E-state index in [1.807, 2.05) is 0 Å². The summed E-state index contributed by atoms with van der Waals surface area (Å²) in [4.78, 5) is 0. The van der Waals surface area contributed by atoms with E-state index in [4.69, 9.17) is 9.39 Å². The van der Waals surface area contributed by atoms with Crippen LogP contribution in [0.25, 0.3) is 110 Å². The first kappa shape index (κ1) is 35.0. The molecule has 5 heterocycles. The molecule has 0 fully saturated rings. The van der Waals surface area contributed by atoms with Crippen molar-refractivity contribution in [3.05, 3.63) is 212 Å². The first-order valence-electron chi connectivity index (χ1n) is 22.3. The van der Waals surface area contributed by atoms with Gasteiger partial charge in [-0.05, 0) is 112 Å². The molecule has 0 amide bonds. The van der Waals surface area contributed by atoms with Gasteiger partial charge in [0.2, 0.25) is 0 Å². The van der Waals surface area contributed by atoms with Gasteiger partial charge in [0.15, 0.2) is 0 Å². The zero-order chi connectivity index (χ0) is 42.3. The van der Waals surface area contributed by atoms with Crippen LogP contribution in [0.5, 0.6) is 17.2 Å². The average molecular weight is 827 g/mol. The minimum Gasteiger partial charge on any atom is -0.551 e. The Morgan fingerprint density at radius 3 is 1.60 bits per heavy atom. The number of fused-ring (bicyclic) bond motifs is 13. The second kappa shape index (κ2) is 13.0. The lowest BCUT2D eigenvalue weighted by atomic mass is 9.50. The predicted molar refractivity (Wildman–Crippen MR) is 269 cm³/mol. The van der Waals surface area contributed by atoms with Gasteiger partial charge in [0.05, 0.1) is 27.6 Å². The topological polar surface area (TPSA) is 27.8 Å². The van der Waals surface area contributed by atoms with Gasteiger partial charge in [-0.25, -0.2) is 0 Å². The third-order valence-electron chi connectivity index (χ3n) is 14.1. The monoisotopic (exact) mass is 826 g/mol. The number of para-hydroxylation sites is 5. The van der Waals surface area contributed by atoms with Crippen molar-refractivity contribution in [3.63, 3.8) is 0 Å². The van der Waals surface area contributed by atoms with Crippen LogP contribution >= 0.6 is 0 Å². The molecule has 15 rings (SSSR count). The number of nitrogens with zero attached hydrogens (tertiary/aromatic N) is 2. The molecule has 300 valence electrons. The highest BCUT2D eigenvalue weighted by atomic mass is 16.5. The molecule has 13 aromatic rings. The summed E-state index contributed by atoms with van der Waals surface area (Å²) in [6.07, 6.45) is 0. The number of hydrogen-bond donors (Lipinski definition) is 0. The van der Waals surface area contributed by atoms with Crippen LogP contribution in [-0.2, 0) is 0 Å². The average Bonchev–Trinajstić information content (AvgIpc) is 4.01. The maximum Gasteiger partial charge on any atom is 0.434 e. The lowest BCUT2D eigenvalue weighted by molar-refractivity contribution is 0.480. The van der Waals surface area contributed by atoms with Gasteiger partial charge in [-0.1, -0.05) is 140 Å². The van der Waals surface area contributed by atoms with Gasteiger partial charge in [0.1, 0.15) is 17.2 Å². The van der Waals surface area contributed by atoms with Crippen molar-refractivity contribution in [2.75, 3.05) is 0 Å². The summed E-state index contributed by atoms with van der Waals surface area (Å²) in [6.45, 7) is -0.315. The zero-order valence-electron chi connectivity index (χ0n) is 35.0. The first-order valence-corrected chi connectivity index (χ1v) is 22.3. The molecular formula is C60H35BN2O2. The minimum absolute atomic E-state index is 0.315. The van der Waals surface area contributed by atoms with Crippen LogP contribution in [0, 0.1) is 0 Å². The highest BCUT2D eigenvalue weighted by Gasteiger charge is 2.41. The van der Waals surface area contributed by atoms with E-state index in [0.29, 0.717) is 0 Å². The smallest absolute Gasteiger partial charge is 0.434 e. The molecule has 0 atom stereocenters. The summed E-state index contributed by atoms with van der Waals surface area (Å²) in [7, 11) is 0. The Labute approximate surface area is 374 Å². The summed E-state index contributed by atoms with van der Waals surface area (Å²) >= 11 is 0. The molecule has 0 unspecified atom stereocenters. The van der Waals surface area contributed by atoms with Gasteiger partial charge in [0, 0.05) is 54.5 Å². The molecule has 0 N–H and O–H groups in total. The van der Waals surface area contributed by atoms with Crippen LogP contribution in [0.4, 0.5) is 0 Å². The Kier molecular flexibility index (Phi) is 7.00. The first-order chi connectivity index (χ1) is 32.2. The summed E-state index contributed by atoms with van der Waals surface area (Å²) in [5.41, 5.74) is 18.4. The van der Waals surface area contributed by atoms with Crippen molar-refractivity contribution in [2.45, 2.75) is 0 Å². The Hall–Kier alpha value is -8.54. The van der Waals surface area contributed by atoms with Gasteiger partial charge in [-0.15, -0.1) is 0 Å². The number of rotatable bonds is 4. The Balaban J connectivity index is 0.879. The van der Waals surface area contributed by atoms with E-state index in [1.54, 1.807) is 0 Å². The SMILES string of the molecule is c1cc(-c2cc3c4c(c2)-c2ccccc2OB4c2ccc(-c4ccccc4-c4cc5c6ccccc6n6c7ccccc7c(c4)c56)cc2O3)cc(-n2c3ccccc3c3ccccc32)c1. The van der Waals surface area contributed by atoms with Crippen molar-refractivity contribution in [2.24, 2.45) is 0 Å². The molecule has 0 bridgehead atoms. The zero-order valence-corrected chi connectivity index (χ0v) is 35.0. The highest BCUT2D eigenvalue weighted by molar-refractivity contribution is 6.84. The number of aromatic nitrogens is 2. The fourth-order valence-corrected chi connectivity index (χ4v) is 11.3. The van der Waals surface area contributed by atoms with Crippen molar-refractivity contribution in [3.8, 4) is 67.4 Å². The maximum absolute atomic E-state index is 7.12. The van der Waals surface area contributed by atoms with Crippen LogP contribution in [0.1, 0.15) is 0 Å². The molecule has 0 saturated carbocycles. The van der Waals surface area contributed by atoms with E-state index in [0.717, 1.165) is 67.2 Å². The molecule has 65 heavy (non-hydrogen) atoms. The number of benzene rings is 10. The van der Waals surface area contributed by atoms with Gasteiger partial charge < -0.3 is 18.4 Å². The lowest BCUT2D eigenvalue weighted by Crippen LogP contribution is -2.53. The molecule has 3 aromatic heterocycles. The molecule has 4 nitrogen and oxygen atoms in total. The fraction of sp³-hybridized carbons (Fsp3) is 0. The quantitative estimate of drug-likeness (QED) is 0.165. The molecule has 0 aliphatic carbocycles. The van der Waals surface area contributed by atoms with E-state index in [-0.39, 0.29) is 6.92 Å². The molecule has 2 aliphatic rings. The van der Waals surface area contributed by atoms with Crippen LogP contribution < -0.4 is 20.3 Å². The van der Waals surface area contributed by atoms with Crippen molar-refractivity contribution < 1.29 is 9.39 Å². The van der Waals surface area contributed by atoms with Gasteiger partial charge >= 0.3 is 6.92 Å². The predicted octanol–water partition coefficient (Wildman–Crippen LogP) is 14.2. The van der Waals surface area contributed by atoms with Crippen LogP contribution in [-0.4, -0.2) is 15.9 Å². The third kappa shape index (κ3) is 4.87. The molecular weight excluding hydrogens is 791 g/mol. The van der Waals surface area contributed by atoms with E-state index in [1.165, 1.54) is 71.0 Å². The van der Waals surface area contributed by atoms with E-state index < -0.39 is 0 Å². The van der Waals surface area contributed by atoms with Crippen molar-refractivity contribution in [1.82, 2.24) is 8.97 Å². The number of hydrogen-bond acceptors (Lipinski definition) is 2. The van der Waals surface area contributed by atoms with Crippen molar-refractivity contribution >= 4 is 77.7 Å². The highest BCUT2D eigenvalue weighted by Crippen LogP contribution is 2.46. The number of ether oxygens (including phenoxy) is 1. The summed E-state index contributed by atoms with van der Waals surface area (Å²) < 4.78 is 18.9. The Morgan fingerprint density at radius 2 is 0.908 bits per heavy atom. The Morgan fingerprint density at radius 1 is 0.338 bits per heavy atom. The van der Waals surface area contributed by atoms with Gasteiger partial charge in [-0.3, -0.25) is 0 Å². The van der Waals surface area contributed by atoms with Crippen LogP contribution in [0.15, 0.2) is 212 Å². The van der Waals surface area contributed by atoms with Crippen LogP contribution in [0.2, 0.25) is 0 Å². The molecule has 0 radical (unpaired) electrons. The second-order valence-electron chi connectivity index (χ2n) is 17.5. The lowest BCUT2D eigenvalue weighted by Gasteiger charge is -2.33. The summed E-state index contributed by atoms with van der Waals surface area (Å²) in [5, 5.41) is 7.57. The summed E-state index contributed by atoms with van der Waals surface area (Å²) in [5.74, 6) is 2.50. The second-order valence-corrected chi connectivity index (χ2v) is 17.5. The molecule has 0 saturated heterocycles. The fourth-order valence-electron chi connectivity index (χ4n) is 11.3. The van der Waals surface area contributed by atoms with Gasteiger partial charge in [0.25, 0.3) is 0 Å². The Bertz CT molecular complexity index is 4020. The normalized spacial score (nSPS) is 12.8. The standard InChI is InChI=1S/C60H35BN2O2/c1-2-17-42(39-32-49-45-20-5-10-25-54(45)63-55-26-11-6-21-46(55)50(33-39)60(49)63)41(16-1)37-28-29-51-57(34-37)64-58-35-38(31-48-47-22-7-12-27-56(47)65-61(51)59(48)58)36-14-13-15-40(30-36)62-52-23-8-3-18-43(52)44-19-4-9-24-53(44)62/h1-35H. The molecule has 0 spiro atoms. The summed E-state index contributed by atoms with van der Waals surface area (Å²) in [6, 6.07) is 77.0. The molecule has 10 aromatic carbocycles. The van der Waals surface area contributed by atoms with Gasteiger partial charge in [-0.2, -0.15) is 0 Å². The van der Waals surface area contributed by atoms with E-state index in [2.05, 4.69) is 221 Å². The molecule has 2 aliphatic heterocycles. The minimum atomic E-state index is -0.315. The van der Waals surface area contributed by atoms with Crippen LogP contribution in [0.3, 0.4) is 0 Å². The van der Waals surface area contributed by atoms with E-state index >= 15 is 0 Å². The maximum atomic E-state index is 7.12. The molecule has 5 heteroatoms. The third-order valence-corrected chi connectivity index (χ3v) is 14.1. The van der Waals surface area contributed by atoms with Crippen molar-refractivity contribution in [1.29, 1.82) is 0 Å².